The van der Waals surface area contributed by atoms with Gasteiger partial charge < -0.3 is 19.6 Å². The number of nitrogens with zero attached hydrogens (tertiary/aromatic N) is 4. The molecule has 7 heteroatoms. The molecule has 2 aromatic carbocycles. The van der Waals surface area contributed by atoms with Crippen LogP contribution in [0.1, 0.15) is 37.6 Å². The van der Waals surface area contributed by atoms with Crippen LogP contribution in [0.15, 0.2) is 53.1 Å². The van der Waals surface area contributed by atoms with Gasteiger partial charge in [0.25, 0.3) is 0 Å². The number of piperidine rings is 1. The van der Waals surface area contributed by atoms with Gasteiger partial charge in [0, 0.05) is 63.5 Å². The lowest BCUT2D eigenvalue weighted by molar-refractivity contribution is -0.121. The van der Waals surface area contributed by atoms with Crippen LogP contribution in [0.4, 0.5) is 11.4 Å². The normalized spacial score (nSPS) is 14.3. The molecule has 1 aliphatic heterocycles. The number of anilines is 2. The van der Waals surface area contributed by atoms with Gasteiger partial charge in [-0.1, -0.05) is 24.2 Å². The number of hydrogen-bond donors (Lipinski definition) is 1. The first-order valence-electron chi connectivity index (χ1n) is 11.7. The van der Waals surface area contributed by atoms with E-state index < -0.39 is 0 Å². The van der Waals surface area contributed by atoms with E-state index in [0.717, 1.165) is 35.8 Å². The predicted octanol–water partition coefficient (Wildman–Crippen LogP) is 4.29. The Balaban J connectivity index is 1.25. The fourth-order valence-electron chi connectivity index (χ4n) is 3.98. The quantitative estimate of drug-likeness (QED) is 0.555. The first-order chi connectivity index (χ1) is 16.0. The summed E-state index contributed by atoms with van der Waals surface area (Å²) in [7, 11) is 4.01. The highest BCUT2D eigenvalue weighted by atomic mass is 16.5. The van der Waals surface area contributed by atoms with Crippen LogP contribution in [-0.2, 0) is 17.8 Å². The van der Waals surface area contributed by atoms with Gasteiger partial charge in [0.1, 0.15) is 0 Å². The van der Waals surface area contributed by atoms with Gasteiger partial charge in [0.15, 0.2) is 0 Å². The minimum absolute atomic E-state index is 0.0355. The van der Waals surface area contributed by atoms with E-state index in [1.807, 2.05) is 55.4 Å². The van der Waals surface area contributed by atoms with Crippen molar-refractivity contribution in [3.8, 4) is 11.4 Å². The lowest BCUT2D eigenvalue weighted by Crippen LogP contribution is -2.32. The molecule has 0 spiro atoms. The highest BCUT2D eigenvalue weighted by molar-refractivity contribution is 5.76. The fraction of sp³-hybridized carbons (Fsp3) is 0.423. The third kappa shape index (κ3) is 6.12. The van der Waals surface area contributed by atoms with Gasteiger partial charge in [0.2, 0.25) is 17.6 Å². The molecule has 1 fully saturated rings. The number of rotatable bonds is 8. The molecule has 2 heterocycles. The van der Waals surface area contributed by atoms with Gasteiger partial charge in [0.05, 0.1) is 0 Å². The number of carbonyl (C=O) groups is 1. The molecule has 0 atom stereocenters. The molecule has 0 bridgehead atoms. The largest absolute Gasteiger partial charge is 0.378 e. The Hall–Kier alpha value is -3.35. The average molecular weight is 448 g/mol. The second-order valence-corrected chi connectivity index (χ2v) is 9.07. The molecule has 1 aromatic heterocycles. The van der Waals surface area contributed by atoms with Crippen molar-refractivity contribution in [2.24, 2.45) is 5.92 Å². The van der Waals surface area contributed by atoms with Gasteiger partial charge in [-0.05, 0) is 60.7 Å². The summed E-state index contributed by atoms with van der Waals surface area (Å²) in [4.78, 5) is 21.2. The molecule has 0 saturated carbocycles. The van der Waals surface area contributed by atoms with Crippen LogP contribution in [0.25, 0.3) is 11.4 Å². The average Bonchev–Trinajstić information content (AvgIpc) is 3.31. The number of aromatic nitrogens is 2. The molecule has 1 N–H and O–H groups in total. The second kappa shape index (κ2) is 10.5. The standard InChI is InChI=1S/C26H33N5O2/c1-19-14-16-31(17-15-19)23-10-6-21(7-11-23)26-28-25(33-29-26)13-12-24(32)27-18-20-4-8-22(9-5-20)30(2)3/h4-11,19H,12-18H2,1-3H3,(H,27,32). The second-order valence-electron chi connectivity index (χ2n) is 9.07. The van der Waals surface area contributed by atoms with Crippen molar-refractivity contribution in [3.05, 3.63) is 60.0 Å². The maximum Gasteiger partial charge on any atom is 0.227 e. The van der Waals surface area contributed by atoms with E-state index >= 15 is 0 Å². The number of amides is 1. The summed E-state index contributed by atoms with van der Waals surface area (Å²) in [5.74, 6) is 1.82. The smallest absolute Gasteiger partial charge is 0.227 e. The predicted molar refractivity (Wildman–Crippen MR) is 131 cm³/mol. The monoisotopic (exact) mass is 447 g/mol. The molecule has 0 radical (unpaired) electrons. The van der Waals surface area contributed by atoms with E-state index in [9.17, 15) is 4.79 Å². The zero-order chi connectivity index (χ0) is 23.2. The highest BCUT2D eigenvalue weighted by Crippen LogP contribution is 2.25. The summed E-state index contributed by atoms with van der Waals surface area (Å²) in [5, 5.41) is 7.05. The zero-order valence-corrected chi connectivity index (χ0v) is 19.8. The molecule has 3 aromatic rings. The lowest BCUT2D eigenvalue weighted by Gasteiger charge is -2.32. The Kier molecular flexibility index (Phi) is 7.27. The summed E-state index contributed by atoms with van der Waals surface area (Å²) in [6.45, 7) is 5.04. The minimum atomic E-state index is -0.0355. The van der Waals surface area contributed by atoms with Crippen LogP contribution < -0.4 is 15.1 Å². The van der Waals surface area contributed by atoms with Gasteiger partial charge in [-0.2, -0.15) is 4.98 Å². The van der Waals surface area contributed by atoms with Crippen molar-refractivity contribution < 1.29 is 9.32 Å². The third-order valence-corrected chi connectivity index (χ3v) is 6.25. The first kappa shape index (κ1) is 22.8. The summed E-state index contributed by atoms with van der Waals surface area (Å²) in [6, 6.07) is 16.5. The van der Waals surface area contributed by atoms with E-state index in [2.05, 4.69) is 39.4 Å². The number of hydrogen-bond acceptors (Lipinski definition) is 6. The zero-order valence-electron chi connectivity index (χ0n) is 19.8. The molecule has 0 unspecified atom stereocenters. The van der Waals surface area contributed by atoms with E-state index in [0.29, 0.717) is 31.1 Å². The Labute approximate surface area is 195 Å². The number of nitrogens with one attached hydrogen (secondary N) is 1. The molecular formula is C26H33N5O2. The van der Waals surface area contributed by atoms with E-state index in [4.69, 9.17) is 4.52 Å². The molecule has 33 heavy (non-hydrogen) atoms. The van der Waals surface area contributed by atoms with Crippen LogP contribution in [0.5, 0.6) is 0 Å². The Bertz CT molecular complexity index is 1040. The van der Waals surface area contributed by atoms with E-state index in [-0.39, 0.29) is 5.91 Å². The fourth-order valence-corrected chi connectivity index (χ4v) is 3.98. The molecule has 1 aliphatic rings. The topological polar surface area (TPSA) is 74.5 Å². The Morgan fingerprint density at radius 3 is 2.45 bits per heavy atom. The van der Waals surface area contributed by atoms with Crippen molar-refractivity contribution in [1.82, 2.24) is 15.5 Å². The number of carbonyl (C=O) groups excluding carboxylic acids is 1. The number of aryl methyl sites for hydroxylation is 1. The van der Waals surface area contributed by atoms with Crippen molar-refractivity contribution in [2.45, 2.75) is 39.2 Å². The van der Waals surface area contributed by atoms with Crippen LogP contribution in [0.2, 0.25) is 0 Å². The maximum absolute atomic E-state index is 12.2. The first-order valence-corrected chi connectivity index (χ1v) is 11.7. The maximum atomic E-state index is 12.2. The SMILES string of the molecule is CC1CCN(c2ccc(-c3noc(CCC(=O)NCc4ccc(N(C)C)cc4)n3)cc2)CC1. The van der Waals surface area contributed by atoms with Crippen molar-refractivity contribution in [2.75, 3.05) is 37.0 Å². The molecular weight excluding hydrogens is 414 g/mol. The van der Waals surface area contributed by atoms with Gasteiger partial charge in [-0.3, -0.25) is 4.79 Å². The van der Waals surface area contributed by atoms with Gasteiger partial charge in [-0.15, -0.1) is 0 Å². The minimum Gasteiger partial charge on any atom is -0.378 e. The van der Waals surface area contributed by atoms with Crippen LogP contribution in [0.3, 0.4) is 0 Å². The summed E-state index contributed by atoms with van der Waals surface area (Å²) in [6.07, 6.45) is 3.21. The summed E-state index contributed by atoms with van der Waals surface area (Å²) < 4.78 is 5.37. The Morgan fingerprint density at radius 1 is 1.09 bits per heavy atom. The Morgan fingerprint density at radius 2 is 1.79 bits per heavy atom. The number of benzene rings is 2. The van der Waals surface area contributed by atoms with E-state index in [1.54, 1.807) is 0 Å². The third-order valence-electron chi connectivity index (χ3n) is 6.25. The molecule has 174 valence electrons. The van der Waals surface area contributed by atoms with E-state index in [1.165, 1.54) is 18.5 Å². The molecule has 4 rings (SSSR count). The molecule has 0 aliphatic carbocycles. The van der Waals surface area contributed by atoms with Crippen LogP contribution in [0, 0.1) is 5.92 Å². The van der Waals surface area contributed by atoms with Gasteiger partial charge >= 0.3 is 0 Å². The van der Waals surface area contributed by atoms with Gasteiger partial charge in [-0.25, -0.2) is 0 Å². The lowest BCUT2D eigenvalue weighted by atomic mass is 9.98. The molecule has 7 nitrogen and oxygen atoms in total. The molecule has 1 saturated heterocycles. The highest BCUT2D eigenvalue weighted by Gasteiger charge is 2.16. The van der Waals surface area contributed by atoms with Crippen molar-refractivity contribution in [3.63, 3.8) is 0 Å². The van der Waals surface area contributed by atoms with Crippen LogP contribution >= 0.6 is 0 Å². The summed E-state index contributed by atoms with van der Waals surface area (Å²) >= 11 is 0. The summed E-state index contributed by atoms with van der Waals surface area (Å²) in [5.41, 5.74) is 4.36. The van der Waals surface area contributed by atoms with Crippen LogP contribution in [-0.4, -0.2) is 43.2 Å². The van der Waals surface area contributed by atoms with Crippen molar-refractivity contribution >= 4 is 17.3 Å². The van der Waals surface area contributed by atoms with Crippen molar-refractivity contribution in [1.29, 1.82) is 0 Å². The molecule has 1 amide bonds.